The van der Waals surface area contributed by atoms with Gasteiger partial charge in [0.05, 0.1) is 11.8 Å². The molecule has 2 unspecified atom stereocenters. The third-order valence-electron chi connectivity index (χ3n) is 5.02. The summed E-state index contributed by atoms with van der Waals surface area (Å²) in [5, 5.41) is 5.65. The number of fused-ring (bicyclic) bond motifs is 1. The van der Waals surface area contributed by atoms with Crippen LogP contribution in [0.2, 0.25) is 0 Å². The van der Waals surface area contributed by atoms with E-state index in [2.05, 4.69) is 10.6 Å². The third-order valence-corrected chi connectivity index (χ3v) is 5.02. The fraction of sp³-hybridized carbons (Fsp3) is 0.333. The summed E-state index contributed by atoms with van der Waals surface area (Å²) in [5.74, 6) is 0.199. The molecule has 2 atom stereocenters. The fourth-order valence-electron chi connectivity index (χ4n) is 3.30. The number of carbonyl (C=O) groups excluding carboxylic acids is 2. The Morgan fingerprint density at radius 3 is 2.57 bits per heavy atom. The van der Waals surface area contributed by atoms with Crippen molar-refractivity contribution in [3.05, 3.63) is 59.4 Å². The van der Waals surface area contributed by atoms with E-state index in [0.29, 0.717) is 43.0 Å². The first-order valence-electron chi connectivity index (χ1n) is 9.29. The molecule has 1 aliphatic heterocycles. The molecule has 1 fully saturated rings. The molecule has 1 saturated carbocycles. The van der Waals surface area contributed by atoms with Crippen LogP contribution in [-0.4, -0.2) is 25.2 Å². The topological polar surface area (TPSA) is 76.7 Å². The minimum Gasteiger partial charge on any atom is -0.454 e. The van der Waals surface area contributed by atoms with Gasteiger partial charge in [-0.2, -0.15) is 0 Å². The van der Waals surface area contributed by atoms with Gasteiger partial charge in [0, 0.05) is 13.1 Å². The van der Waals surface area contributed by atoms with E-state index >= 15 is 0 Å². The summed E-state index contributed by atoms with van der Waals surface area (Å²) in [4.78, 5) is 24.5. The molecule has 1 heterocycles. The Bertz CT molecular complexity index is 902. The molecule has 2 aliphatic rings. The van der Waals surface area contributed by atoms with Crippen molar-refractivity contribution in [1.29, 1.82) is 0 Å². The summed E-state index contributed by atoms with van der Waals surface area (Å²) in [6, 6.07) is 12.0. The second kappa shape index (κ2) is 7.88. The summed E-state index contributed by atoms with van der Waals surface area (Å²) in [5.41, 5.74) is 1.47. The van der Waals surface area contributed by atoms with Gasteiger partial charge in [0.25, 0.3) is 0 Å². The van der Waals surface area contributed by atoms with Crippen LogP contribution in [0.3, 0.4) is 0 Å². The van der Waals surface area contributed by atoms with E-state index in [1.165, 1.54) is 6.07 Å². The summed E-state index contributed by atoms with van der Waals surface area (Å²) >= 11 is 0. The van der Waals surface area contributed by atoms with E-state index in [1.807, 2.05) is 18.2 Å². The fourth-order valence-corrected chi connectivity index (χ4v) is 3.30. The average molecular weight is 384 g/mol. The number of hydrogen-bond donors (Lipinski definition) is 2. The predicted molar refractivity (Wildman–Crippen MR) is 99.1 cm³/mol. The number of nitrogens with one attached hydrogen (secondary N) is 2. The van der Waals surface area contributed by atoms with E-state index in [0.717, 1.165) is 5.56 Å². The first-order valence-corrected chi connectivity index (χ1v) is 9.29. The second-order valence-electron chi connectivity index (χ2n) is 6.99. The summed E-state index contributed by atoms with van der Waals surface area (Å²) in [7, 11) is 0. The van der Waals surface area contributed by atoms with Crippen LogP contribution in [0, 0.1) is 17.7 Å². The van der Waals surface area contributed by atoms with E-state index in [9.17, 15) is 14.0 Å². The normalized spacial score (nSPS) is 19.2. The highest BCUT2D eigenvalue weighted by Gasteiger charge is 2.47. The molecule has 0 saturated heterocycles. The SMILES string of the molecule is O=C(NCCc1ccccc1F)C1CC1C(=O)NCc1ccc2c(c1)OCO2. The van der Waals surface area contributed by atoms with Gasteiger partial charge in [-0.25, -0.2) is 4.39 Å². The Labute approximate surface area is 162 Å². The Hall–Kier alpha value is -3.09. The molecule has 1 aliphatic carbocycles. The lowest BCUT2D eigenvalue weighted by Crippen LogP contribution is -2.31. The molecule has 0 spiro atoms. The third kappa shape index (κ3) is 4.08. The molecular weight excluding hydrogens is 363 g/mol. The van der Waals surface area contributed by atoms with Crippen molar-refractivity contribution < 1.29 is 23.5 Å². The Balaban J connectivity index is 1.19. The van der Waals surface area contributed by atoms with Crippen molar-refractivity contribution in [2.75, 3.05) is 13.3 Å². The van der Waals surface area contributed by atoms with Gasteiger partial charge < -0.3 is 20.1 Å². The number of carbonyl (C=O) groups is 2. The van der Waals surface area contributed by atoms with Gasteiger partial charge in [-0.15, -0.1) is 0 Å². The minimum absolute atomic E-state index is 0.132. The average Bonchev–Trinajstić information content (AvgIpc) is 3.37. The first-order chi connectivity index (χ1) is 13.6. The quantitative estimate of drug-likeness (QED) is 0.767. The number of amides is 2. The zero-order valence-corrected chi connectivity index (χ0v) is 15.2. The van der Waals surface area contributed by atoms with Crippen LogP contribution in [0.25, 0.3) is 0 Å². The lowest BCUT2D eigenvalue weighted by atomic mass is 10.1. The number of ether oxygens (including phenoxy) is 2. The number of halogens is 1. The predicted octanol–water partition coefficient (Wildman–Crippen LogP) is 2.17. The van der Waals surface area contributed by atoms with Gasteiger partial charge in [0.15, 0.2) is 11.5 Å². The molecule has 0 radical (unpaired) electrons. The van der Waals surface area contributed by atoms with Crippen LogP contribution in [0.5, 0.6) is 11.5 Å². The highest BCUT2D eigenvalue weighted by molar-refractivity contribution is 5.92. The number of benzene rings is 2. The van der Waals surface area contributed by atoms with Crippen molar-refractivity contribution in [2.24, 2.45) is 11.8 Å². The molecule has 146 valence electrons. The monoisotopic (exact) mass is 384 g/mol. The maximum atomic E-state index is 13.6. The van der Waals surface area contributed by atoms with Gasteiger partial charge in [0.2, 0.25) is 18.6 Å². The van der Waals surface area contributed by atoms with Crippen molar-refractivity contribution in [3.63, 3.8) is 0 Å². The van der Waals surface area contributed by atoms with Crippen molar-refractivity contribution in [1.82, 2.24) is 10.6 Å². The van der Waals surface area contributed by atoms with Crippen LogP contribution in [0.1, 0.15) is 17.5 Å². The molecule has 2 aromatic rings. The van der Waals surface area contributed by atoms with Gasteiger partial charge in [-0.3, -0.25) is 9.59 Å². The second-order valence-corrected chi connectivity index (χ2v) is 6.99. The van der Waals surface area contributed by atoms with Gasteiger partial charge in [-0.05, 0) is 42.2 Å². The van der Waals surface area contributed by atoms with Crippen molar-refractivity contribution in [3.8, 4) is 11.5 Å². The number of rotatable bonds is 7. The number of hydrogen-bond acceptors (Lipinski definition) is 4. The zero-order chi connectivity index (χ0) is 19.5. The first kappa shape index (κ1) is 18.3. The van der Waals surface area contributed by atoms with E-state index < -0.39 is 0 Å². The largest absolute Gasteiger partial charge is 0.454 e. The van der Waals surface area contributed by atoms with Crippen LogP contribution in [-0.2, 0) is 22.6 Å². The van der Waals surface area contributed by atoms with E-state index in [4.69, 9.17) is 9.47 Å². The van der Waals surface area contributed by atoms with Crippen LogP contribution < -0.4 is 20.1 Å². The summed E-state index contributed by atoms with van der Waals surface area (Å²) < 4.78 is 24.1. The summed E-state index contributed by atoms with van der Waals surface area (Å²) in [6.07, 6.45) is 0.963. The Morgan fingerprint density at radius 2 is 1.75 bits per heavy atom. The van der Waals surface area contributed by atoms with Crippen LogP contribution >= 0.6 is 0 Å². The lowest BCUT2D eigenvalue weighted by Gasteiger charge is -2.07. The van der Waals surface area contributed by atoms with Crippen molar-refractivity contribution >= 4 is 11.8 Å². The molecular formula is C21H21FN2O4. The maximum absolute atomic E-state index is 13.6. The molecule has 2 amide bonds. The minimum atomic E-state index is -0.308. The molecule has 2 aromatic carbocycles. The Morgan fingerprint density at radius 1 is 1.00 bits per heavy atom. The maximum Gasteiger partial charge on any atom is 0.231 e. The van der Waals surface area contributed by atoms with Crippen molar-refractivity contribution in [2.45, 2.75) is 19.4 Å². The molecule has 7 heteroatoms. The lowest BCUT2D eigenvalue weighted by molar-refractivity contribution is -0.127. The van der Waals surface area contributed by atoms with Crippen LogP contribution in [0.4, 0.5) is 4.39 Å². The summed E-state index contributed by atoms with van der Waals surface area (Å²) in [6.45, 7) is 0.927. The Kier molecular flexibility index (Phi) is 5.14. The zero-order valence-electron chi connectivity index (χ0n) is 15.2. The van der Waals surface area contributed by atoms with Gasteiger partial charge in [-0.1, -0.05) is 24.3 Å². The van der Waals surface area contributed by atoms with Gasteiger partial charge >= 0.3 is 0 Å². The molecule has 28 heavy (non-hydrogen) atoms. The van der Waals surface area contributed by atoms with Crippen LogP contribution in [0.15, 0.2) is 42.5 Å². The standard InChI is InChI=1S/C21H21FN2O4/c22-17-4-2-1-3-14(17)7-8-23-20(25)15-10-16(15)21(26)24-11-13-5-6-18-19(9-13)28-12-27-18/h1-6,9,15-16H,7-8,10-12H2,(H,23,25)(H,24,26). The van der Waals surface area contributed by atoms with E-state index in [-0.39, 0.29) is 36.3 Å². The molecule has 4 rings (SSSR count). The highest BCUT2D eigenvalue weighted by atomic mass is 19.1. The smallest absolute Gasteiger partial charge is 0.231 e. The molecule has 0 aromatic heterocycles. The van der Waals surface area contributed by atoms with Gasteiger partial charge in [0.1, 0.15) is 5.82 Å². The molecule has 2 N–H and O–H groups in total. The highest BCUT2D eigenvalue weighted by Crippen LogP contribution is 2.39. The van der Waals surface area contributed by atoms with E-state index in [1.54, 1.807) is 18.2 Å². The molecule has 6 nitrogen and oxygen atoms in total. The molecule has 0 bridgehead atoms.